The molecule has 0 aliphatic carbocycles. The Morgan fingerprint density at radius 3 is 2.39 bits per heavy atom. The van der Waals surface area contributed by atoms with Crippen molar-refractivity contribution < 1.29 is 31.4 Å². The second-order valence-corrected chi connectivity index (χ2v) is 3.77. The number of carbonyl (C=O) groups is 1. The zero-order valence-corrected chi connectivity index (χ0v) is 11.4. The minimum absolute atomic E-state index is 0. The molecule has 18 heavy (non-hydrogen) atoms. The maximum absolute atomic E-state index is 12.0. The predicted molar refractivity (Wildman–Crippen MR) is 63.3 cm³/mol. The van der Waals surface area contributed by atoms with Crippen LogP contribution in [0.5, 0.6) is 0 Å². The first kappa shape index (κ1) is 14.5. The number of Topliss-reactive ketones (excluding diaryl/α,β-unsaturated/α-hetero) is 1. The number of hydrogen-bond acceptors (Lipinski definition) is 2. The molecule has 0 aliphatic rings. The molecule has 1 aromatic carbocycles. The van der Waals surface area contributed by atoms with Gasteiger partial charge in [-0.1, -0.05) is 36.4 Å². The van der Waals surface area contributed by atoms with E-state index in [0.717, 1.165) is 5.69 Å². The van der Waals surface area contributed by atoms with E-state index in [0.29, 0.717) is 5.56 Å². The average Bonchev–Trinajstić information content (AvgIpc) is 2.40. The molecule has 0 atom stereocenters. The number of rotatable bonds is 4. The van der Waals surface area contributed by atoms with Crippen molar-refractivity contribution in [3.8, 4) is 0 Å². The zero-order valence-electron chi connectivity index (χ0n) is 9.79. The van der Waals surface area contributed by atoms with Crippen LogP contribution in [0.3, 0.4) is 0 Å². The fourth-order valence-corrected chi connectivity index (χ4v) is 1.68. The normalized spacial score (nSPS) is 9.61. The van der Waals surface area contributed by atoms with Crippen molar-refractivity contribution in [2.75, 3.05) is 0 Å². The molecule has 0 aliphatic heterocycles. The lowest BCUT2D eigenvalue weighted by Crippen LogP contribution is -3.00. The fourth-order valence-electron chi connectivity index (χ4n) is 1.68. The van der Waals surface area contributed by atoms with Gasteiger partial charge >= 0.3 is 0 Å². The second-order valence-electron chi connectivity index (χ2n) is 3.77. The van der Waals surface area contributed by atoms with Crippen molar-refractivity contribution in [2.45, 2.75) is 13.2 Å². The van der Waals surface area contributed by atoms with Crippen LogP contribution in [-0.4, -0.2) is 10.9 Å². The summed E-state index contributed by atoms with van der Waals surface area (Å²) in [5.74, 6) is 0.0384. The van der Waals surface area contributed by atoms with Gasteiger partial charge in [-0.3, -0.25) is 4.79 Å². The van der Waals surface area contributed by atoms with Crippen LogP contribution in [0.2, 0.25) is 0 Å². The molecule has 3 nitrogen and oxygen atoms in total. The smallest absolute Gasteiger partial charge is 0.227 e. The third-order valence-electron chi connectivity index (χ3n) is 2.61. The number of benzene rings is 1. The molecule has 0 fully saturated rings. The third kappa shape index (κ3) is 3.48. The molecule has 2 rings (SSSR count). The summed E-state index contributed by atoms with van der Waals surface area (Å²) in [6, 6.07) is 14.6. The van der Waals surface area contributed by atoms with Gasteiger partial charge in [0.1, 0.15) is 6.61 Å². The van der Waals surface area contributed by atoms with E-state index in [2.05, 4.69) is 0 Å². The Bertz CT molecular complexity index is 514. The molecule has 0 bridgehead atoms. The summed E-state index contributed by atoms with van der Waals surface area (Å²) < 4.78 is 1.76. The van der Waals surface area contributed by atoms with E-state index < -0.39 is 0 Å². The number of halogens is 1. The summed E-state index contributed by atoms with van der Waals surface area (Å²) in [6.07, 6.45) is 1.80. The van der Waals surface area contributed by atoms with Gasteiger partial charge in [-0.15, -0.1) is 0 Å². The minimum atomic E-state index is -0.0666. The van der Waals surface area contributed by atoms with Crippen molar-refractivity contribution in [1.29, 1.82) is 0 Å². The number of nitrogens with zero attached hydrogens (tertiary/aromatic N) is 1. The lowest BCUT2D eigenvalue weighted by molar-refractivity contribution is -0.692. The second kappa shape index (κ2) is 7.03. The predicted octanol–water partition coefficient (Wildman–Crippen LogP) is -1.65. The Morgan fingerprint density at radius 1 is 1.06 bits per heavy atom. The van der Waals surface area contributed by atoms with Crippen LogP contribution < -0.4 is 21.5 Å². The Kier molecular flexibility index (Phi) is 5.68. The standard InChI is InChI=1S/C14H14NO2.BrH/c16-11-13-8-4-5-9-15(13)10-14(17)12-6-2-1-3-7-12;/h1-9,16H,10-11H2;1H/q+1;/p-1. The molecule has 94 valence electrons. The first-order chi connectivity index (χ1) is 8.31. The first-order valence-electron chi connectivity index (χ1n) is 5.47. The van der Waals surface area contributed by atoms with E-state index in [4.69, 9.17) is 5.11 Å². The molecular formula is C14H14BrNO2. The largest absolute Gasteiger partial charge is 1.00 e. The van der Waals surface area contributed by atoms with Gasteiger partial charge in [0.2, 0.25) is 18.0 Å². The molecule has 4 heteroatoms. The van der Waals surface area contributed by atoms with Gasteiger partial charge in [-0.25, -0.2) is 0 Å². The van der Waals surface area contributed by atoms with Crippen LogP contribution in [0.4, 0.5) is 0 Å². The molecule has 1 aromatic heterocycles. The van der Waals surface area contributed by atoms with Crippen molar-refractivity contribution >= 4 is 5.78 Å². The van der Waals surface area contributed by atoms with Crippen LogP contribution in [-0.2, 0) is 13.2 Å². The number of hydrogen-bond donors (Lipinski definition) is 1. The lowest BCUT2D eigenvalue weighted by Gasteiger charge is -2.01. The average molecular weight is 308 g/mol. The van der Waals surface area contributed by atoms with E-state index in [9.17, 15) is 4.79 Å². The van der Waals surface area contributed by atoms with Gasteiger partial charge in [0.15, 0.2) is 6.20 Å². The molecule has 0 saturated carbocycles. The molecule has 0 unspecified atom stereocenters. The van der Waals surface area contributed by atoms with E-state index >= 15 is 0 Å². The van der Waals surface area contributed by atoms with Crippen LogP contribution in [0.25, 0.3) is 0 Å². The number of aromatic nitrogens is 1. The van der Waals surface area contributed by atoms with E-state index in [1.54, 1.807) is 29.0 Å². The molecule has 0 spiro atoms. The number of aliphatic hydroxyl groups excluding tert-OH is 1. The van der Waals surface area contributed by atoms with Gasteiger partial charge in [0, 0.05) is 17.7 Å². The monoisotopic (exact) mass is 307 g/mol. The van der Waals surface area contributed by atoms with Crippen molar-refractivity contribution in [3.63, 3.8) is 0 Å². The molecule has 1 heterocycles. The van der Waals surface area contributed by atoms with Gasteiger partial charge in [-0.2, -0.15) is 4.57 Å². The van der Waals surface area contributed by atoms with E-state index in [-0.39, 0.29) is 35.9 Å². The van der Waals surface area contributed by atoms with Gasteiger partial charge in [-0.05, 0) is 0 Å². The lowest BCUT2D eigenvalue weighted by atomic mass is 10.1. The Balaban J connectivity index is 0.00000162. The summed E-state index contributed by atoms with van der Waals surface area (Å²) in [6.45, 7) is 0.184. The molecule has 0 amide bonds. The van der Waals surface area contributed by atoms with Crippen LogP contribution >= 0.6 is 0 Å². The third-order valence-corrected chi connectivity index (χ3v) is 2.61. The Hall–Kier alpha value is -1.52. The first-order valence-corrected chi connectivity index (χ1v) is 5.47. The molecule has 0 radical (unpaired) electrons. The Morgan fingerprint density at radius 2 is 1.72 bits per heavy atom. The topological polar surface area (TPSA) is 41.2 Å². The molecular weight excluding hydrogens is 294 g/mol. The van der Waals surface area contributed by atoms with Crippen molar-refractivity contribution in [1.82, 2.24) is 0 Å². The van der Waals surface area contributed by atoms with Crippen LogP contribution in [0.15, 0.2) is 54.7 Å². The van der Waals surface area contributed by atoms with Crippen LogP contribution in [0, 0.1) is 0 Å². The Labute approximate surface area is 116 Å². The maximum atomic E-state index is 12.0. The summed E-state index contributed by atoms with van der Waals surface area (Å²) in [5.41, 5.74) is 1.42. The highest BCUT2D eigenvalue weighted by Gasteiger charge is 2.14. The van der Waals surface area contributed by atoms with Crippen LogP contribution in [0.1, 0.15) is 16.1 Å². The summed E-state index contributed by atoms with van der Waals surface area (Å²) in [5, 5.41) is 9.17. The number of ketones is 1. The minimum Gasteiger partial charge on any atom is -1.00 e. The highest BCUT2D eigenvalue weighted by Crippen LogP contribution is 2.00. The summed E-state index contributed by atoms with van der Waals surface area (Å²) >= 11 is 0. The van der Waals surface area contributed by atoms with Gasteiger partial charge < -0.3 is 22.1 Å². The maximum Gasteiger partial charge on any atom is 0.227 e. The SMILES string of the molecule is O=C(C[n+]1ccccc1CO)c1ccccc1.[Br-]. The molecule has 0 saturated heterocycles. The zero-order chi connectivity index (χ0) is 12.1. The van der Waals surface area contributed by atoms with E-state index in [1.165, 1.54) is 0 Å². The molecule has 1 N–H and O–H groups in total. The number of aliphatic hydroxyl groups is 1. The fraction of sp³-hybridized carbons (Fsp3) is 0.143. The summed E-state index contributed by atoms with van der Waals surface area (Å²) in [4.78, 5) is 12.0. The quantitative estimate of drug-likeness (QED) is 0.543. The summed E-state index contributed by atoms with van der Waals surface area (Å²) in [7, 11) is 0. The highest BCUT2D eigenvalue weighted by atomic mass is 79.9. The van der Waals surface area contributed by atoms with Gasteiger partial charge in [0.25, 0.3) is 0 Å². The molecule has 2 aromatic rings. The highest BCUT2D eigenvalue weighted by molar-refractivity contribution is 5.94. The van der Waals surface area contributed by atoms with E-state index in [1.807, 2.05) is 30.3 Å². The van der Waals surface area contributed by atoms with Gasteiger partial charge in [0.05, 0.1) is 0 Å². The van der Waals surface area contributed by atoms with Crippen molar-refractivity contribution in [3.05, 3.63) is 66.0 Å². The van der Waals surface area contributed by atoms with Crippen molar-refractivity contribution in [2.24, 2.45) is 0 Å². The number of pyridine rings is 1. The number of carbonyl (C=O) groups excluding carboxylic acids is 1.